The van der Waals surface area contributed by atoms with E-state index in [1.54, 1.807) is 0 Å². The Morgan fingerprint density at radius 3 is 0.500 bits per heavy atom. The van der Waals surface area contributed by atoms with E-state index in [-0.39, 0.29) is 109 Å². The molecule has 0 nitrogen and oxygen atoms in total. The van der Waals surface area contributed by atoms with E-state index in [2.05, 4.69) is 0 Å². The number of rotatable bonds is 0. The molecule has 0 bridgehead atoms. The topological polar surface area (TPSA) is 0 Å². The quantitative estimate of drug-likeness (QED) is 0.202. The van der Waals surface area contributed by atoms with E-state index in [1.807, 2.05) is 0 Å². The van der Waals surface area contributed by atoms with Gasteiger partial charge in [-0.05, 0) is 9.90 Å². The molecular formula is H4ILi4P+4. The minimum atomic E-state index is 0. The molecule has 0 saturated carbocycles. The van der Waals surface area contributed by atoms with E-state index >= 15 is 0 Å². The minimum absolute atomic E-state index is 0. The molecule has 6 heavy (non-hydrogen) atoms. The predicted octanol–water partition coefficient (Wildman–Crippen LogP) is -15.2. The Labute approximate surface area is 107 Å². The average Bonchev–Trinajstić information content (AvgIpc) is 0. The summed E-state index contributed by atoms with van der Waals surface area (Å²) in [5.74, 6) is 0. The summed E-state index contributed by atoms with van der Waals surface area (Å²) in [7, 11) is 0. The van der Waals surface area contributed by atoms with Gasteiger partial charge in [-0.1, -0.05) is 0 Å². The molecule has 0 fully saturated rings. The van der Waals surface area contributed by atoms with E-state index < -0.39 is 0 Å². The Morgan fingerprint density at radius 2 is 0.500 bits per heavy atom. The van der Waals surface area contributed by atoms with Crippen molar-refractivity contribution in [3.8, 4) is 0 Å². The zero-order valence-corrected chi connectivity index (χ0v) is 9.54. The summed E-state index contributed by atoms with van der Waals surface area (Å²) < 4.78 is 0. The third-order valence-corrected chi connectivity index (χ3v) is 0. The van der Waals surface area contributed by atoms with Gasteiger partial charge in [0.05, 0.1) is 0 Å². The number of hydrogen-bond acceptors (Lipinski definition) is 0. The smallest absolute Gasteiger partial charge is 1.00 e. The second-order valence-corrected chi connectivity index (χ2v) is 0. The van der Waals surface area contributed by atoms with Crippen LogP contribution in [0, 0.1) is 0 Å². The van der Waals surface area contributed by atoms with Gasteiger partial charge in [-0.2, -0.15) is 0 Å². The molecule has 0 spiro atoms. The molecule has 0 N–H and O–H groups in total. The molecule has 6 heteroatoms. The van der Waals surface area contributed by atoms with Crippen molar-refractivity contribution in [1.29, 1.82) is 0 Å². The second-order valence-electron chi connectivity index (χ2n) is 0. The monoisotopic (exact) mass is 190 g/mol. The van der Waals surface area contributed by atoms with Crippen molar-refractivity contribution in [3.05, 3.63) is 0 Å². The molecule has 0 rings (SSSR count). The van der Waals surface area contributed by atoms with Crippen molar-refractivity contribution in [2.45, 2.75) is 0 Å². The van der Waals surface area contributed by atoms with Crippen LogP contribution in [0.25, 0.3) is 0 Å². The number of halogens is 1. The van der Waals surface area contributed by atoms with Crippen LogP contribution in [0.15, 0.2) is 0 Å². The first-order chi connectivity index (χ1) is 0. The van der Waals surface area contributed by atoms with Gasteiger partial charge >= 0.3 is 75.4 Å². The third kappa shape index (κ3) is 25.7. The standard InChI is InChI=1S/HI.4Li.H3P/h1H;;;;;1H3/q;4*+1;. The van der Waals surface area contributed by atoms with Gasteiger partial charge in [0, 0.05) is 0 Å². The Hall–Kier alpha value is 3.55. The molecule has 1 unspecified atom stereocenters. The first-order valence-electron chi connectivity index (χ1n) is 0. The fraction of sp³-hybridized carbons (Fsp3) is 0. The van der Waals surface area contributed by atoms with Crippen LogP contribution >= 0.6 is 9.90 Å². The minimum Gasteiger partial charge on any atom is -1.00 e. The molecule has 0 aromatic heterocycles. The molecule has 16 valence electrons. The summed E-state index contributed by atoms with van der Waals surface area (Å²) in [6, 6.07) is 0. The maximum atomic E-state index is 0. The first kappa shape index (κ1) is 55.4. The number of hydrogen-bond donors (Lipinski definition) is 0. The van der Waals surface area contributed by atoms with Gasteiger partial charge in [-0.25, -0.2) is 0 Å². The van der Waals surface area contributed by atoms with Crippen molar-refractivity contribution in [1.82, 2.24) is 0 Å². The summed E-state index contributed by atoms with van der Waals surface area (Å²) in [6.07, 6.45) is 0. The molecular weight excluding hydrogens is 186 g/mol. The van der Waals surface area contributed by atoms with Crippen LogP contribution in [-0.4, -0.2) is 0 Å². The predicted molar refractivity (Wildman–Crippen MR) is 12.5 cm³/mol. The van der Waals surface area contributed by atoms with Gasteiger partial charge in [0.2, 0.25) is 0 Å². The van der Waals surface area contributed by atoms with Crippen molar-refractivity contribution in [3.63, 3.8) is 0 Å². The molecule has 0 heterocycles. The van der Waals surface area contributed by atoms with E-state index in [4.69, 9.17) is 0 Å². The van der Waals surface area contributed by atoms with Crippen LogP contribution in [0.5, 0.6) is 0 Å². The SMILES string of the molecule is [I-].[Li+].[Li+].[Li+].[Li+].[PH4+]. The molecule has 0 aliphatic heterocycles. The molecule has 1 atom stereocenters. The zero-order valence-electron chi connectivity index (χ0n) is 5.38. The third-order valence-electron chi connectivity index (χ3n) is 0. The molecule has 0 aliphatic rings. The van der Waals surface area contributed by atoms with Crippen LogP contribution in [0.4, 0.5) is 0 Å². The molecule has 0 saturated heterocycles. The summed E-state index contributed by atoms with van der Waals surface area (Å²) >= 11 is 0. The van der Waals surface area contributed by atoms with E-state index in [9.17, 15) is 0 Å². The molecule has 0 aromatic carbocycles. The largest absolute Gasteiger partial charge is 1.00 e. The van der Waals surface area contributed by atoms with Gasteiger partial charge in [0.1, 0.15) is 0 Å². The van der Waals surface area contributed by atoms with Gasteiger partial charge < -0.3 is 24.0 Å². The van der Waals surface area contributed by atoms with Gasteiger partial charge in [-0.3, -0.25) is 0 Å². The summed E-state index contributed by atoms with van der Waals surface area (Å²) in [5.41, 5.74) is 0. The average molecular weight is 190 g/mol. The summed E-state index contributed by atoms with van der Waals surface area (Å²) in [6.45, 7) is 0. The maximum Gasteiger partial charge on any atom is 1.00 e. The zero-order chi connectivity index (χ0) is 0. The first-order valence-corrected chi connectivity index (χ1v) is 0. The molecule has 0 aliphatic carbocycles. The van der Waals surface area contributed by atoms with Gasteiger partial charge in [-0.15, -0.1) is 0 Å². The van der Waals surface area contributed by atoms with Crippen LogP contribution in [0.1, 0.15) is 0 Å². The van der Waals surface area contributed by atoms with Crippen molar-refractivity contribution >= 4 is 9.90 Å². The van der Waals surface area contributed by atoms with Crippen molar-refractivity contribution in [2.75, 3.05) is 0 Å². The molecule has 0 amide bonds. The molecule has 0 radical (unpaired) electrons. The molecule has 0 aromatic rings. The van der Waals surface area contributed by atoms with Crippen LogP contribution < -0.4 is 99.4 Å². The van der Waals surface area contributed by atoms with Crippen molar-refractivity contribution < 1.29 is 99.4 Å². The Morgan fingerprint density at radius 1 is 0.500 bits per heavy atom. The summed E-state index contributed by atoms with van der Waals surface area (Å²) in [4.78, 5) is 0. The normalized spacial score (nSPS) is 0. The Balaban J connectivity index is 0. The van der Waals surface area contributed by atoms with Crippen LogP contribution in [0.3, 0.4) is 0 Å². The Bertz CT molecular complexity index is 7.51. The van der Waals surface area contributed by atoms with Gasteiger partial charge in [0.15, 0.2) is 0 Å². The Kier molecular flexibility index (Phi) is 357. The second kappa shape index (κ2) is 38.7. The van der Waals surface area contributed by atoms with Crippen LogP contribution in [-0.2, 0) is 0 Å². The van der Waals surface area contributed by atoms with E-state index in [0.717, 1.165) is 0 Å². The fourth-order valence-electron chi connectivity index (χ4n) is 0. The van der Waals surface area contributed by atoms with Crippen molar-refractivity contribution in [2.24, 2.45) is 0 Å². The maximum absolute atomic E-state index is 0. The van der Waals surface area contributed by atoms with E-state index in [1.165, 1.54) is 0 Å². The summed E-state index contributed by atoms with van der Waals surface area (Å²) in [5, 5.41) is 0. The van der Waals surface area contributed by atoms with Crippen LogP contribution in [0.2, 0.25) is 0 Å². The van der Waals surface area contributed by atoms with Gasteiger partial charge in [0.25, 0.3) is 0 Å². The van der Waals surface area contributed by atoms with E-state index in [0.29, 0.717) is 0 Å². The fourth-order valence-corrected chi connectivity index (χ4v) is 0.